The molecule has 1 rings (SSSR count). The number of carboxylic acids is 1. The average molecular weight is 191 g/mol. The summed E-state index contributed by atoms with van der Waals surface area (Å²) in [7, 11) is 0. The zero-order valence-electron chi connectivity index (χ0n) is 8.27. The lowest BCUT2D eigenvalue weighted by Gasteiger charge is -2.31. The van der Waals surface area contributed by atoms with Crippen molar-refractivity contribution in [2.45, 2.75) is 13.8 Å². The van der Waals surface area contributed by atoms with Crippen molar-refractivity contribution in [3.8, 4) is 6.07 Å². The Labute approximate surface area is 83.4 Å². The molecule has 14 heavy (non-hydrogen) atoms. The van der Waals surface area contributed by atoms with E-state index in [1.165, 1.54) is 6.08 Å². The van der Waals surface area contributed by atoms with E-state index in [0.717, 1.165) is 0 Å². The molecular formula is C11H13NO2. The second-order valence-electron chi connectivity index (χ2n) is 3.80. The molecule has 1 aliphatic rings. The van der Waals surface area contributed by atoms with Crippen LogP contribution in [-0.2, 0) is 4.79 Å². The lowest BCUT2D eigenvalue weighted by molar-refractivity contribution is -0.145. The maximum Gasteiger partial charge on any atom is 0.328 e. The largest absolute Gasteiger partial charge is 0.480 e. The Bertz CT molecular complexity index is 336. The third-order valence-electron chi connectivity index (χ3n) is 2.57. The number of nitrogens with zero attached hydrogens (tertiary/aromatic N) is 1. The summed E-state index contributed by atoms with van der Waals surface area (Å²) < 4.78 is 0. The number of hydrogen-bond donors (Lipinski definition) is 1. The summed E-state index contributed by atoms with van der Waals surface area (Å²) in [6.45, 7) is 3.84. The van der Waals surface area contributed by atoms with Crippen molar-refractivity contribution in [1.82, 2.24) is 0 Å². The fourth-order valence-corrected chi connectivity index (χ4v) is 1.78. The zero-order valence-corrected chi connectivity index (χ0v) is 8.27. The number of rotatable bonds is 2. The van der Waals surface area contributed by atoms with Crippen molar-refractivity contribution in [2.24, 2.45) is 17.3 Å². The second-order valence-corrected chi connectivity index (χ2v) is 3.80. The monoisotopic (exact) mass is 191 g/mol. The minimum Gasteiger partial charge on any atom is -0.480 e. The summed E-state index contributed by atoms with van der Waals surface area (Å²) in [6.07, 6.45) is 6.68. The first-order valence-electron chi connectivity index (χ1n) is 4.55. The van der Waals surface area contributed by atoms with Gasteiger partial charge in [-0.15, -0.1) is 0 Å². The smallest absolute Gasteiger partial charge is 0.328 e. The molecule has 0 amide bonds. The Morgan fingerprint density at radius 3 is 2.57 bits per heavy atom. The molecule has 1 aliphatic carbocycles. The van der Waals surface area contributed by atoms with Gasteiger partial charge in [0.15, 0.2) is 5.41 Å². The van der Waals surface area contributed by atoms with Crippen LogP contribution in [0.3, 0.4) is 0 Å². The third kappa shape index (κ3) is 1.44. The molecule has 3 nitrogen and oxygen atoms in total. The summed E-state index contributed by atoms with van der Waals surface area (Å²) in [4.78, 5) is 11.1. The van der Waals surface area contributed by atoms with Gasteiger partial charge in [-0.1, -0.05) is 38.2 Å². The van der Waals surface area contributed by atoms with Crippen molar-refractivity contribution >= 4 is 5.97 Å². The topological polar surface area (TPSA) is 61.1 Å². The van der Waals surface area contributed by atoms with E-state index in [-0.39, 0.29) is 11.8 Å². The van der Waals surface area contributed by atoms with E-state index in [1.807, 2.05) is 19.9 Å². The molecule has 0 aromatic rings. The number of aliphatic carboxylic acids is 1. The zero-order chi connectivity index (χ0) is 10.8. The molecular weight excluding hydrogens is 178 g/mol. The number of carboxylic acid groups (broad SMARTS) is 1. The summed E-state index contributed by atoms with van der Waals surface area (Å²) in [5.74, 6) is -1.19. The van der Waals surface area contributed by atoms with Crippen LogP contribution in [0.2, 0.25) is 0 Å². The summed E-state index contributed by atoms with van der Waals surface area (Å²) in [6, 6.07) is 1.91. The van der Waals surface area contributed by atoms with Crippen molar-refractivity contribution in [2.75, 3.05) is 0 Å². The van der Waals surface area contributed by atoms with E-state index in [2.05, 4.69) is 0 Å². The molecule has 74 valence electrons. The highest BCUT2D eigenvalue weighted by atomic mass is 16.4. The Hall–Kier alpha value is -1.56. The van der Waals surface area contributed by atoms with E-state index in [0.29, 0.717) is 0 Å². The van der Waals surface area contributed by atoms with Crippen LogP contribution in [0.25, 0.3) is 0 Å². The fourth-order valence-electron chi connectivity index (χ4n) is 1.78. The lowest BCUT2D eigenvalue weighted by atomic mass is 9.69. The maximum absolute atomic E-state index is 11.1. The molecule has 0 aromatic carbocycles. The second kappa shape index (κ2) is 3.67. The van der Waals surface area contributed by atoms with E-state index < -0.39 is 11.4 Å². The molecule has 0 radical (unpaired) electrons. The van der Waals surface area contributed by atoms with Crippen molar-refractivity contribution in [1.29, 1.82) is 5.26 Å². The molecule has 0 saturated carbocycles. The Morgan fingerprint density at radius 2 is 2.21 bits per heavy atom. The van der Waals surface area contributed by atoms with Crippen LogP contribution < -0.4 is 0 Å². The molecule has 0 saturated heterocycles. The van der Waals surface area contributed by atoms with E-state index in [9.17, 15) is 4.79 Å². The highest BCUT2D eigenvalue weighted by Crippen LogP contribution is 2.38. The van der Waals surface area contributed by atoms with E-state index >= 15 is 0 Å². The van der Waals surface area contributed by atoms with E-state index in [4.69, 9.17) is 10.4 Å². The van der Waals surface area contributed by atoms with Crippen LogP contribution in [-0.4, -0.2) is 11.1 Å². The highest BCUT2D eigenvalue weighted by molar-refractivity contribution is 5.82. The lowest BCUT2D eigenvalue weighted by Crippen LogP contribution is -2.38. The molecule has 0 fully saturated rings. The van der Waals surface area contributed by atoms with Crippen LogP contribution in [0.1, 0.15) is 13.8 Å². The van der Waals surface area contributed by atoms with Crippen LogP contribution >= 0.6 is 0 Å². The normalized spacial score (nSPS) is 30.3. The van der Waals surface area contributed by atoms with Gasteiger partial charge in [-0.2, -0.15) is 5.26 Å². The van der Waals surface area contributed by atoms with Gasteiger partial charge in [0.1, 0.15) is 0 Å². The van der Waals surface area contributed by atoms with Gasteiger partial charge >= 0.3 is 5.97 Å². The minimum absolute atomic E-state index is 0.131. The van der Waals surface area contributed by atoms with Gasteiger partial charge in [0.25, 0.3) is 0 Å². The van der Waals surface area contributed by atoms with Crippen LogP contribution in [0, 0.1) is 28.6 Å². The van der Waals surface area contributed by atoms with Crippen LogP contribution in [0.5, 0.6) is 0 Å². The fraction of sp³-hybridized carbons (Fsp3) is 0.455. The molecule has 1 N–H and O–H groups in total. The maximum atomic E-state index is 11.1. The predicted molar refractivity (Wildman–Crippen MR) is 52.3 cm³/mol. The Morgan fingerprint density at radius 1 is 1.57 bits per heavy atom. The SMILES string of the molecule is CC(C)C1C=CC=CC1(C#N)C(=O)O. The molecule has 0 heterocycles. The van der Waals surface area contributed by atoms with Gasteiger partial charge in [-0.3, -0.25) is 4.79 Å². The average Bonchev–Trinajstić information content (AvgIpc) is 2.17. The van der Waals surface area contributed by atoms with Gasteiger partial charge in [0, 0.05) is 5.92 Å². The summed E-state index contributed by atoms with van der Waals surface area (Å²) in [5, 5.41) is 18.1. The molecule has 0 aromatic heterocycles. The summed E-state index contributed by atoms with van der Waals surface area (Å²) >= 11 is 0. The first-order valence-corrected chi connectivity index (χ1v) is 4.55. The number of nitriles is 1. The first-order chi connectivity index (χ1) is 6.54. The van der Waals surface area contributed by atoms with Crippen LogP contribution in [0.15, 0.2) is 24.3 Å². The van der Waals surface area contributed by atoms with Gasteiger partial charge < -0.3 is 5.11 Å². The van der Waals surface area contributed by atoms with Crippen molar-refractivity contribution in [3.05, 3.63) is 24.3 Å². The molecule has 0 bridgehead atoms. The quantitative estimate of drug-likeness (QED) is 0.725. The molecule has 2 atom stereocenters. The van der Waals surface area contributed by atoms with Crippen LogP contribution in [0.4, 0.5) is 0 Å². The first kappa shape index (κ1) is 10.5. The van der Waals surface area contributed by atoms with Gasteiger partial charge in [0.05, 0.1) is 6.07 Å². The van der Waals surface area contributed by atoms with Gasteiger partial charge in [-0.05, 0) is 5.92 Å². The number of carbonyl (C=O) groups is 1. The van der Waals surface area contributed by atoms with Crippen molar-refractivity contribution in [3.63, 3.8) is 0 Å². The number of allylic oxidation sites excluding steroid dienone is 3. The third-order valence-corrected chi connectivity index (χ3v) is 2.57. The molecule has 0 aliphatic heterocycles. The Balaban J connectivity index is 3.17. The van der Waals surface area contributed by atoms with E-state index in [1.54, 1.807) is 18.2 Å². The Kier molecular flexibility index (Phi) is 2.76. The number of hydrogen-bond acceptors (Lipinski definition) is 2. The van der Waals surface area contributed by atoms with Crippen molar-refractivity contribution < 1.29 is 9.90 Å². The molecule has 2 unspecified atom stereocenters. The minimum atomic E-state index is -1.39. The molecule has 3 heteroatoms. The summed E-state index contributed by atoms with van der Waals surface area (Å²) in [5.41, 5.74) is -1.39. The predicted octanol–water partition coefficient (Wildman–Crippen LogP) is 1.98. The van der Waals surface area contributed by atoms with Gasteiger partial charge in [-0.25, -0.2) is 0 Å². The highest BCUT2D eigenvalue weighted by Gasteiger charge is 2.45. The molecule has 0 spiro atoms. The standard InChI is InChI=1S/C11H13NO2/c1-8(2)9-5-3-4-6-11(9,7-12)10(13)14/h3-6,8-9H,1-2H3,(H,13,14). The van der Waals surface area contributed by atoms with Gasteiger partial charge in [0.2, 0.25) is 0 Å².